The van der Waals surface area contributed by atoms with Crippen LogP contribution >= 0.6 is 0 Å². The lowest BCUT2D eigenvalue weighted by Crippen LogP contribution is -2.02. The van der Waals surface area contributed by atoms with Gasteiger partial charge in [-0.1, -0.05) is 0 Å². The third-order valence-corrected chi connectivity index (χ3v) is 1.51. The molecule has 0 spiro atoms. The van der Waals surface area contributed by atoms with Crippen molar-refractivity contribution in [3.63, 3.8) is 0 Å². The Hall–Kier alpha value is -3.02. The van der Waals surface area contributed by atoms with Gasteiger partial charge in [-0.25, -0.2) is 0 Å². The molecule has 0 atom stereocenters. The fraction of sp³-hybridized carbons (Fsp3) is 0.167. The van der Waals surface area contributed by atoms with Gasteiger partial charge in [0.2, 0.25) is 0 Å². The topological polar surface area (TPSA) is 98.4 Å². The van der Waals surface area contributed by atoms with E-state index in [1.54, 1.807) is 49.5 Å². The lowest BCUT2D eigenvalue weighted by molar-refractivity contribution is 0.561. The molecule has 5 nitrogen and oxygen atoms in total. The maximum atomic E-state index is 8.63. The zero-order valence-electron chi connectivity index (χ0n) is 9.47. The second kappa shape index (κ2) is 7.30. The normalized spacial score (nSPS) is 7.18. The Balaban J connectivity index is 5.54. The minimum Gasteiger partial charge on any atom is -0.383 e. The summed E-state index contributed by atoms with van der Waals surface area (Å²) in [6.45, 7) is 0. The summed E-state index contributed by atoms with van der Waals surface area (Å²) in [4.78, 5) is 1.68. The summed E-state index contributed by atoms with van der Waals surface area (Å²) >= 11 is 0. The zero-order chi connectivity index (χ0) is 13.3. The first-order valence-electron chi connectivity index (χ1n) is 4.49. The van der Waals surface area contributed by atoms with Crippen LogP contribution in [0, 0.1) is 45.3 Å². The van der Waals surface area contributed by atoms with Crippen molar-refractivity contribution in [2.45, 2.75) is 0 Å². The molecule has 0 bridgehead atoms. The van der Waals surface area contributed by atoms with E-state index in [9.17, 15) is 0 Å². The quantitative estimate of drug-likeness (QED) is 0.531. The molecule has 0 amide bonds. The zero-order valence-corrected chi connectivity index (χ0v) is 9.47. The number of rotatable bonds is 3. The molecule has 0 aliphatic heterocycles. The van der Waals surface area contributed by atoms with Gasteiger partial charge in [-0.3, -0.25) is 0 Å². The minimum atomic E-state index is -0.0930. The highest BCUT2D eigenvalue weighted by atomic mass is 15.0. The van der Waals surface area contributed by atoms with Crippen molar-refractivity contribution in [2.75, 3.05) is 14.1 Å². The fourth-order valence-corrected chi connectivity index (χ4v) is 0.927. The van der Waals surface area contributed by atoms with Gasteiger partial charge < -0.3 is 4.90 Å². The minimum absolute atomic E-state index is 0.0930. The molecular weight excluding hydrogens is 214 g/mol. The van der Waals surface area contributed by atoms with Crippen LogP contribution in [0.5, 0.6) is 0 Å². The first-order chi connectivity index (χ1) is 8.07. The van der Waals surface area contributed by atoms with Gasteiger partial charge in [-0.05, 0) is 17.7 Å². The molecule has 0 radical (unpaired) electrons. The Labute approximate surface area is 100 Å². The highest BCUT2D eigenvalue weighted by Crippen LogP contribution is 2.07. The van der Waals surface area contributed by atoms with Gasteiger partial charge >= 0.3 is 0 Å². The lowest BCUT2D eigenvalue weighted by atomic mass is 10.1. The van der Waals surface area contributed by atoms with E-state index in [1.807, 2.05) is 0 Å². The molecule has 17 heavy (non-hydrogen) atoms. The van der Waals surface area contributed by atoms with Gasteiger partial charge in [0.15, 0.2) is 0 Å². The van der Waals surface area contributed by atoms with Gasteiger partial charge in [-0.2, -0.15) is 21.0 Å². The summed E-state index contributed by atoms with van der Waals surface area (Å²) in [5, 5.41) is 34.5. The number of nitriles is 4. The van der Waals surface area contributed by atoms with Crippen LogP contribution in [-0.4, -0.2) is 19.0 Å². The maximum absolute atomic E-state index is 8.63. The summed E-state index contributed by atoms with van der Waals surface area (Å²) in [7, 11) is 3.50. The Morgan fingerprint density at radius 3 is 1.41 bits per heavy atom. The van der Waals surface area contributed by atoms with Crippen LogP contribution in [0.2, 0.25) is 0 Å². The number of hydrogen-bond acceptors (Lipinski definition) is 5. The van der Waals surface area contributed by atoms with Crippen molar-refractivity contribution in [2.24, 2.45) is 0 Å². The Kier molecular flexibility index (Phi) is 6.00. The Morgan fingerprint density at radius 1 is 0.824 bits per heavy atom. The molecule has 0 saturated carbocycles. The van der Waals surface area contributed by atoms with Crippen molar-refractivity contribution in [3.05, 3.63) is 35.1 Å². The van der Waals surface area contributed by atoms with Gasteiger partial charge in [0.05, 0.1) is 0 Å². The molecule has 0 unspecified atom stereocenters. The van der Waals surface area contributed by atoms with Crippen LogP contribution in [0.25, 0.3) is 0 Å². The molecule has 0 saturated heterocycles. The van der Waals surface area contributed by atoms with E-state index in [0.717, 1.165) is 0 Å². The summed E-state index contributed by atoms with van der Waals surface area (Å²) < 4.78 is 0. The predicted molar refractivity (Wildman–Crippen MR) is 60.4 cm³/mol. The summed E-state index contributed by atoms with van der Waals surface area (Å²) in [5.41, 5.74) is 0.250. The van der Waals surface area contributed by atoms with Crippen LogP contribution < -0.4 is 0 Å². The second-order valence-electron chi connectivity index (χ2n) is 3.16. The lowest BCUT2D eigenvalue weighted by Gasteiger charge is -2.05. The second-order valence-corrected chi connectivity index (χ2v) is 3.16. The van der Waals surface area contributed by atoms with Gasteiger partial charge in [0, 0.05) is 20.3 Å². The monoisotopic (exact) mass is 223 g/mol. The van der Waals surface area contributed by atoms with Crippen molar-refractivity contribution in [1.82, 2.24) is 4.90 Å². The van der Waals surface area contributed by atoms with E-state index in [4.69, 9.17) is 21.0 Å². The first-order valence-corrected chi connectivity index (χ1v) is 4.49. The molecule has 0 aromatic rings. The highest BCUT2D eigenvalue weighted by Gasteiger charge is 1.99. The SMILES string of the molecule is CN(C)C=C(C=C(C#N)C#N)C=C(C#N)C#N. The van der Waals surface area contributed by atoms with Gasteiger partial charge in [0.1, 0.15) is 35.4 Å². The van der Waals surface area contributed by atoms with Crippen LogP contribution in [-0.2, 0) is 0 Å². The van der Waals surface area contributed by atoms with E-state index < -0.39 is 0 Å². The van der Waals surface area contributed by atoms with Crippen LogP contribution in [0.4, 0.5) is 0 Å². The Bertz CT molecular complexity index is 459. The molecule has 0 heterocycles. The Morgan fingerprint density at radius 2 is 1.18 bits per heavy atom. The molecule has 82 valence electrons. The summed E-state index contributed by atoms with van der Waals surface area (Å²) in [6, 6.07) is 6.84. The van der Waals surface area contributed by atoms with E-state index >= 15 is 0 Å². The summed E-state index contributed by atoms with van der Waals surface area (Å²) in [5.74, 6) is 0. The standard InChI is InChI=1S/C12H9N5/c1-17(2)9-10(3-11(5-13)6-14)4-12(7-15)8-16/h3-4,9H,1-2H3. The summed E-state index contributed by atoms with van der Waals surface area (Å²) in [6.07, 6.45) is 4.23. The maximum Gasteiger partial charge on any atom is 0.130 e. The molecule has 0 N–H and O–H groups in total. The predicted octanol–water partition coefficient (Wildman–Crippen LogP) is 1.38. The molecule has 0 aromatic heterocycles. The van der Waals surface area contributed by atoms with Gasteiger partial charge in [-0.15, -0.1) is 0 Å². The van der Waals surface area contributed by atoms with E-state index in [-0.39, 0.29) is 11.1 Å². The van der Waals surface area contributed by atoms with Gasteiger partial charge in [0.25, 0.3) is 0 Å². The molecule has 0 aromatic carbocycles. The molecule has 0 fully saturated rings. The van der Waals surface area contributed by atoms with E-state index in [2.05, 4.69) is 0 Å². The third kappa shape index (κ3) is 5.43. The third-order valence-electron chi connectivity index (χ3n) is 1.51. The number of allylic oxidation sites excluding steroid dienone is 5. The molecule has 0 rings (SSSR count). The van der Waals surface area contributed by atoms with Crippen LogP contribution in [0.3, 0.4) is 0 Å². The van der Waals surface area contributed by atoms with Crippen molar-refractivity contribution in [3.8, 4) is 24.3 Å². The van der Waals surface area contributed by atoms with E-state index in [1.165, 1.54) is 12.2 Å². The molecule has 0 aliphatic rings. The number of nitrogens with zero attached hydrogens (tertiary/aromatic N) is 5. The van der Waals surface area contributed by atoms with Crippen molar-refractivity contribution >= 4 is 0 Å². The van der Waals surface area contributed by atoms with Crippen molar-refractivity contribution < 1.29 is 0 Å². The van der Waals surface area contributed by atoms with E-state index in [0.29, 0.717) is 5.57 Å². The average Bonchev–Trinajstić information content (AvgIpc) is 2.31. The smallest absolute Gasteiger partial charge is 0.130 e. The first kappa shape index (κ1) is 14.0. The molecule has 0 aliphatic carbocycles. The van der Waals surface area contributed by atoms with Crippen LogP contribution in [0.15, 0.2) is 35.1 Å². The highest BCUT2D eigenvalue weighted by molar-refractivity contribution is 5.49. The fourth-order valence-electron chi connectivity index (χ4n) is 0.927. The molecule has 5 heteroatoms. The van der Waals surface area contributed by atoms with Crippen LogP contribution in [0.1, 0.15) is 0 Å². The largest absolute Gasteiger partial charge is 0.383 e. The average molecular weight is 223 g/mol. The molecular formula is C12H9N5. The number of hydrogen-bond donors (Lipinski definition) is 0. The van der Waals surface area contributed by atoms with Crippen molar-refractivity contribution in [1.29, 1.82) is 21.0 Å².